The van der Waals surface area contributed by atoms with Gasteiger partial charge in [-0.05, 0) is 59.5 Å². The molecule has 5 heteroatoms. The van der Waals surface area contributed by atoms with Crippen molar-refractivity contribution in [2.24, 2.45) is 0 Å². The fraction of sp³-hybridized carbons (Fsp3) is 0.120. The van der Waals surface area contributed by atoms with Crippen LogP contribution < -0.4 is 4.74 Å². The van der Waals surface area contributed by atoms with E-state index >= 15 is 0 Å². The zero-order valence-corrected chi connectivity index (χ0v) is 16.7. The average molecular weight is 399 g/mol. The van der Waals surface area contributed by atoms with Gasteiger partial charge in [0.1, 0.15) is 5.75 Å². The Labute approximate surface area is 174 Å². The van der Waals surface area contributed by atoms with Crippen LogP contribution in [0.4, 0.5) is 0 Å². The molecule has 3 aromatic carbocycles. The van der Waals surface area contributed by atoms with E-state index in [9.17, 15) is 15.0 Å². The van der Waals surface area contributed by atoms with Crippen molar-refractivity contribution in [2.45, 2.75) is 13.5 Å². The molecule has 0 aliphatic rings. The van der Waals surface area contributed by atoms with Gasteiger partial charge in [0.25, 0.3) is 0 Å². The summed E-state index contributed by atoms with van der Waals surface area (Å²) in [4.78, 5) is 17.5. The van der Waals surface area contributed by atoms with Crippen molar-refractivity contribution >= 4 is 16.7 Å². The minimum atomic E-state index is -0.182. The summed E-state index contributed by atoms with van der Waals surface area (Å²) in [6.07, 6.45) is 0. The monoisotopic (exact) mass is 399 g/mol. The molecule has 2 N–H and O–H groups in total. The van der Waals surface area contributed by atoms with Crippen molar-refractivity contribution in [3.05, 3.63) is 89.0 Å². The Morgan fingerprint density at radius 2 is 1.77 bits per heavy atom. The summed E-state index contributed by atoms with van der Waals surface area (Å²) in [5.41, 5.74) is 4.87. The van der Waals surface area contributed by atoms with E-state index in [0.717, 1.165) is 22.1 Å². The molecular weight excluding hydrogens is 378 g/mol. The smallest absolute Gasteiger partial charge is 0.214 e. The van der Waals surface area contributed by atoms with Gasteiger partial charge in [0, 0.05) is 22.6 Å². The minimum absolute atomic E-state index is 0.0609. The third-order valence-electron chi connectivity index (χ3n) is 5.15. The van der Waals surface area contributed by atoms with Crippen LogP contribution in [-0.4, -0.2) is 28.1 Å². The zero-order valence-electron chi connectivity index (χ0n) is 16.7. The van der Waals surface area contributed by atoms with E-state index in [0.29, 0.717) is 28.1 Å². The van der Waals surface area contributed by atoms with Gasteiger partial charge in [0.15, 0.2) is 5.78 Å². The molecule has 4 aromatic rings. The lowest BCUT2D eigenvalue weighted by Crippen LogP contribution is -2.02. The summed E-state index contributed by atoms with van der Waals surface area (Å²) in [6.45, 7) is 1.72. The predicted octanol–water partition coefficient (Wildman–Crippen LogP) is 4.65. The van der Waals surface area contributed by atoms with E-state index in [-0.39, 0.29) is 18.1 Å². The van der Waals surface area contributed by atoms with Crippen molar-refractivity contribution in [3.63, 3.8) is 0 Å². The largest absolute Gasteiger partial charge is 0.508 e. The van der Waals surface area contributed by atoms with Gasteiger partial charge in [0.2, 0.25) is 5.88 Å². The molecule has 0 amide bonds. The first kappa shape index (κ1) is 19.6. The van der Waals surface area contributed by atoms with Crippen molar-refractivity contribution in [3.8, 4) is 22.8 Å². The number of carbonyl (C=O) groups excluding carboxylic acids is 1. The lowest BCUT2D eigenvalue weighted by molar-refractivity contribution is 0.103. The number of aliphatic hydroxyl groups is 1. The van der Waals surface area contributed by atoms with Gasteiger partial charge in [-0.2, -0.15) is 0 Å². The van der Waals surface area contributed by atoms with Crippen LogP contribution in [0.1, 0.15) is 27.0 Å². The fourth-order valence-electron chi connectivity index (χ4n) is 3.44. The number of rotatable bonds is 5. The Bertz CT molecular complexity index is 1260. The van der Waals surface area contributed by atoms with Crippen molar-refractivity contribution in [1.29, 1.82) is 0 Å². The van der Waals surface area contributed by atoms with Crippen LogP contribution in [0.25, 0.3) is 22.0 Å². The number of hydrogen-bond acceptors (Lipinski definition) is 5. The SMILES string of the molecule is COc1cc(-c2cccc(CO)c2)c2cc(C(=O)c3ccc(C)c(O)c3)ccc2n1. The van der Waals surface area contributed by atoms with Crippen molar-refractivity contribution in [2.75, 3.05) is 7.11 Å². The molecule has 30 heavy (non-hydrogen) atoms. The van der Waals surface area contributed by atoms with Crippen LogP contribution in [0.15, 0.2) is 66.7 Å². The summed E-state index contributed by atoms with van der Waals surface area (Å²) in [6, 6.07) is 19.6. The number of hydrogen-bond donors (Lipinski definition) is 2. The molecule has 0 aliphatic heterocycles. The molecule has 0 bridgehead atoms. The number of fused-ring (bicyclic) bond motifs is 1. The van der Waals surface area contributed by atoms with Crippen LogP contribution in [0.3, 0.4) is 0 Å². The van der Waals surface area contributed by atoms with Crippen LogP contribution in [0, 0.1) is 6.92 Å². The number of benzene rings is 3. The number of aromatic nitrogens is 1. The van der Waals surface area contributed by atoms with Crippen molar-refractivity contribution in [1.82, 2.24) is 4.98 Å². The maximum atomic E-state index is 13.0. The number of carbonyl (C=O) groups is 1. The topological polar surface area (TPSA) is 79.7 Å². The lowest BCUT2D eigenvalue weighted by atomic mass is 9.95. The fourth-order valence-corrected chi connectivity index (χ4v) is 3.44. The number of ketones is 1. The van der Waals surface area contributed by atoms with Gasteiger partial charge in [-0.25, -0.2) is 4.98 Å². The number of nitrogens with zero attached hydrogens (tertiary/aromatic N) is 1. The van der Waals surface area contributed by atoms with Gasteiger partial charge in [-0.3, -0.25) is 4.79 Å². The van der Waals surface area contributed by atoms with E-state index < -0.39 is 0 Å². The minimum Gasteiger partial charge on any atom is -0.508 e. The van der Waals surface area contributed by atoms with E-state index in [4.69, 9.17) is 4.74 Å². The number of aliphatic hydroxyl groups excluding tert-OH is 1. The van der Waals surface area contributed by atoms with E-state index in [1.807, 2.05) is 36.4 Å². The second kappa shape index (κ2) is 7.97. The Morgan fingerprint density at radius 1 is 1.00 bits per heavy atom. The van der Waals surface area contributed by atoms with Crippen LogP contribution in [0.2, 0.25) is 0 Å². The van der Waals surface area contributed by atoms with E-state index in [1.165, 1.54) is 6.07 Å². The molecular formula is C25H21NO4. The number of aromatic hydroxyl groups is 1. The Morgan fingerprint density at radius 3 is 2.50 bits per heavy atom. The first-order valence-corrected chi connectivity index (χ1v) is 9.53. The standard InChI is InChI=1S/C25H21NO4/c1-15-6-7-19(12-23(15)28)25(29)18-8-9-22-21(11-18)20(13-24(26-22)30-2)17-5-3-4-16(10-17)14-27/h3-13,27-28H,14H2,1-2H3. The van der Waals surface area contributed by atoms with Gasteiger partial charge >= 0.3 is 0 Å². The molecule has 0 saturated carbocycles. The highest BCUT2D eigenvalue weighted by atomic mass is 16.5. The maximum absolute atomic E-state index is 13.0. The highest BCUT2D eigenvalue weighted by Gasteiger charge is 2.15. The van der Waals surface area contributed by atoms with E-state index in [2.05, 4.69) is 4.98 Å². The lowest BCUT2D eigenvalue weighted by Gasteiger charge is -2.12. The summed E-state index contributed by atoms with van der Waals surface area (Å²) < 4.78 is 5.36. The molecule has 4 rings (SSSR count). The molecule has 0 unspecified atom stereocenters. The number of ether oxygens (including phenoxy) is 1. The highest BCUT2D eigenvalue weighted by molar-refractivity contribution is 6.11. The number of methoxy groups -OCH3 is 1. The first-order valence-electron chi connectivity index (χ1n) is 9.53. The molecule has 1 heterocycles. The second-order valence-corrected chi connectivity index (χ2v) is 7.13. The van der Waals surface area contributed by atoms with Crippen LogP contribution >= 0.6 is 0 Å². The Hall–Kier alpha value is -3.70. The zero-order chi connectivity index (χ0) is 21.3. The highest BCUT2D eigenvalue weighted by Crippen LogP contribution is 2.33. The van der Waals surface area contributed by atoms with Gasteiger partial charge in [-0.15, -0.1) is 0 Å². The Balaban J connectivity index is 1.88. The molecule has 0 spiro atoms. The molecule has 0 atom stereocenters. The van der Waals surface area contributed by atoms with Crippen molar-refractivity contribution < 1.29 is 19.7 Å². The average Bonchev–Trinajstić information content (AvgIpc) is 2.79. The summed E-state index contributed by atoms with van der Waals surface area (Å²) in [5, 5.41) is 20.3. The molecule has 0 saturated heterocycles. The number of phenolic OH excluding ortho intramolecular Hbond substituents is 1. The molecule has 5 nitrogen and oxygen atoms in total. The molecule has 0 aliphatic carbocycles. The van der Waals surface area contributed by atoms with Gasteiger partial charge < -0.3 is 14.9 Å². The molecule has 0 radical (unpaired) electrons. The van der Waals surface area contributed by atoms with Gasteiger partial charge in [0.05, 0.1) is 19.2 Å². The summed E-state index contributed by atoms with van der Waals surface area (Å²) >= 11 is 0. The third-order valence-corrected chi connectivity index (χ3v) is 5.15. The molecule has 1 aromatic heterocycles. The number of aryl methyl sites for hydroxylation is 1. The summed E-state index contributed by atoms with van der Waals surface area (Å²) in [5.74, 6) is 0.377. The predicted molar refractivity (Wildman–Crippen MR) is 116 cm³/mol. The van der Waals surface area contributed by atoms with E-state index in [1.54, 1.807) is 38.3 Å². The summed E-state index contributed by atoms with van der Waals surface area (Å²) in [7, 11) is 1.56. The second-order valence-electron chi connectivity index (χ2n) is 7.13. The normalized spacial score (nSPS) is 10.9. The quantitative estimate of drug-likeness (QED) is 0.478. The number of pyridine rings is 1. The van der Waals surface area contributed by atoms with Crippen LogP contribution in [-0.2, 0) is 6.61 Å². The molecule has 150 valence electrons. The maximum Gasteiger partial charge on any atom is 0.214 e. The number of phenols is 1. The van der Waals surface area contributed by atoms with Gasteiger partial charge in [-0.1, -0.05) is 30.3 Å². The first-order chi connectivity index (χ1) is 14.5. The molecule has 0 fully saturated rings. The van der Waals surface area contributed by atoms with Crippen LogP contribution in [0.5, 0.6) is 11.6 Å². The third kappa shape index (κ3) is 3.63. The Kier molecular flexibility index (Phi) is 5.21.